The Morgan fingerprint density at radius 1 is 1.06 bits per heavy atom. The molecule has 0 saturated heterocycles. The molecule has 182 valence electrons. The van der Waals surface area contributed by atoms with E-state index in [9.17, 15) is 31.1 Å². The van der Waals surface area contributed by atoms with Crippen LogP contribution in [0.3, 0.4) is 0 Å². The quantitative estimate of drug-likeness (QED) is 0.467. The van der Waals surface area contributed by atoms with E-state index in [-0.39, 0.29) is 30.3 Å². The van der Waals surface area contributed by atoms with Gasteiger partial charge in [-0.25, -0.2) is 9.97 Å². The summed E-state index contributed by atoms with van der Waals surface area (Å²) >= 11 is 0. The number of hydrogen-bond donors (Lipinski definition) is 0. The molecule has 0 radical (unpaired) electrons. The number of amides is 1. The predicted octanol–water partition coefficient (Wildman–Crippen LogP) is 4.02. The van der Waals surface area contributed by atoms with Crippen LogP contribution in [0.1, 0.15) is 35.5 Å². The first-order valence-corrected chi connectivity index (χ1v) is 9.82. The van der Waals surface area contributed by atoms with Crippen LogP contribution in [0.4, 0.5) is 26.3 Å². The van der Waals surface area contributed by atoms with Crippen LogP contribution in [-0.2, 0) is 12.4 Å². The predicted molar refractivity (Wildman–Crippen MR) is 105 cm³/mol. The maximum atomic E-state index is 13.3. The number of carbonyl (C=O) groups excluding carboxylic acids is 1. The first-order chi connectivity index (χ1) is 15.9. The fraction of sp³-hybridized carbons (Fsp3) is 0.350. The molecule has 3 aromatic rings. The normalized spacial score (nSPS) is 12.9. The smallest absolute Gasteiger partial charge is 0.434 e. The molecule has 0 spiro atoms. The third-order valence-corrected chi connectivity index (χ3v) is 4.71. The zero-order valence-corrected chi connectivity index (χ0v) is 17.8. The molecule has 0 N–H and O–H groups in total. The molecule has 1 amide bonds. The molecule has 0 fully saturated rings. The van der Waals surface area contributed by atoms with E-state index in [4.69, 9.17) is 4.74 Å². The number of ether oxygens (including phenoxy) is 1. The van der Waals surface area contributed by atoms with E-state index < -0.39 is 35.6 Å². The minimum atomic E-state index is -4.68. The Bertz CT molecular complexity index is 1120. The second-order valence-electron chi connectivity index (χ2n) is 7.04. The highest BCUT2D eigenvalue weighted by Gasteiger charge is 2.34. The third-order valence-electron chi connectivity index (χ3n) is 4.71. The summed E-state index contributed by atoms with van der Waals surface area (Å²) in [4.78, 5) is 22.3. The van der Waals surface area contributed by atoms with Crippen molar-refractivity contribution in [1.82, 2.24) is 29.9 Å². The summed E-state index contributed by atoms with van der Waals surface area (Å²) in [6.07, 6.45) is -5.42. The fourth-order valence-corrected chi connectivity index (χ4v) is 3.04. The lowest BCUT2D eigenvalue weighted by atomic mass is 10.1. The molecule has 14 heteroatoms. The highest BCUT2D eigenvalue weighted by Crippen LogP contribution is 2.32. The van der Waals surface area contributed by atoms with Gasteiger partial charge < -0.3 is 9.64 Å². The molecular formula is C20H18F6N6O2. The molecular weight excluding hydrogens is 470 g/mol. The minimum absolute atomic E-state index is 0.0446. The number of aromatic nitrogens is 5. The first-order valence-electron chi connectivity index (χ1n) is 9.82. The lowest BCUT2D eigenvalue weighted by Gasteiger charge is -2.28. The Morgan fingerprint density at radius 3 is 2.26 bits per heavy atom. The monoisotopic (exact) mass is 488 g/mol. The molecule has 2 aromatic heterocycles. The molecule has 1 aromatic carbocycles. The van der Waals surface area contributed by atoms with Gasteiger partial charge in [0, 0.05) is 6.54 Å². The van der Waals surface area contributed by atoms with Crippen molar-refractivity contribution in [2.45, 2.75) is 32.2 Å². The number of alkyl halides is 6. The number of benzene rings is 1. The van der Waals surface area contributed by atoms with Crippen LogP contribution < -0.4 is 4.74 Å². The van der Waals surface area contributed by atoms with Crippen LogP contribution >= 0.6 is 0 Å². The largest absolute Gasteiger partial charge is 0.474 e. The van der Waals surface area contributed by atoms with Crippen molar-refractivity contribution >= 4 is 5.91 Å². The number of rotatable bonds is 7. The number of hydrogen-bond acceptors (Lipinski definition) is 6. The highest BCUT2D eigenvalue weighted by molar-refractivity contribution is 5.98. The molecule has 0 aliphatic carbocycles. The summed E-state index contributed by atoms with van der Waals surface area (Å²) in [6, 6.07) is 1.96. The molecule has 0 bridgehead atoms. The number of nitrogens with zero attached hydrogens (tertiary/aromatic N) is 6. The average molecular weight is 488 g/mol. The number of carbonyl (C=O) groups is 1. The van der Waals surface area contributed by atoms with Gasteiger partial charge in [-0.05, 0) is 32.0 Å². The van der Waals surface area contributed by atoms with Crippen LogP contribution in [0.25, 0.3) is 5.69 Å². The van der Waals surface area contributed by atoms with E-state index in [0.29, 0.717) is 6.20 Å². The zero-order valence-electron chi connectivity index (χ0n) is 17.8. The molecule has 1 unspecified atom stereocenters. The SMILES string of the molecule is CCN(C(=O)c1cc(C(F)(F)F)ccc1-n1nccn1)C(C)COc1cnc(C(F)(F)F)cn1. The van der Waals surface area contributed by atoms with Gasteiger partial charge in [0.15, 0.2) is 5.69 Å². The van der Waals surface area contributed by atoms with Crippen molar-refractivity contribution < 1.29 is 35.9 Å². The Labute approximate surface area is 189 Å². The summed E-state index contributed by atoms with van der Waals surface area (Å²) in [6.45, 7) is 3.09. The highest BCUT2D eigenvalue weighted by atomic mass is 19.4. The second-order valence-corrected chi connectivity index (χ2v) is 7.04. The van der Waals surface area contributed by atoms with Gasteiger partial charge in [-0.1, -0.05) is 0 Å². The summed E-state index contributed by atoms with van der Waals surface area (Å²) in [7, 11) is 0. The Kier molecular flexibility index (Phi) is 7.07. The van der Waals surface area contributed by atoms with Crippen LogP contribution in [0.2, 0.25) is 0 Å². The fourth-order valence-electron chi connectivity index (χ4n) is 3.04. The summed E-state index contributed by atoms with van der Waals surface area (Å²) in [5, 5.41) is 7.77. The lowest BCUT2D eigenvalue weighted by Crippen LogP contribution is -2.42. The van der Waals surface area contributed by atoms with E-state index in [0.717, 1.165) is 29.2 Å². The van der Waals surface area contributed by atoms with E-state index in [2.05, 4.69) is 20.2 Å². The standard InChI is InChI=1S/C20H18F6N6O2/c1-3-31(12(2)11-34-17-10-27-16(9-28-17)20(24,25)26)18(33)14-8-13(19(21,22)23)4-5-15(14)32-29-6-7-30-32/h4-10,12H,3,11H2,1-2H3. The van der Waals surface area contributed by atoms with E-state index in [1.165, 1.54) is 17.3 Å². The number of halogens is 6. The van der Waals surface area contributed by atoms with E-state index >= 15 is 0 Å². The van der Waals surface area contributed by atoms with E-state index in [1.807, 2.05) is 0 Å². The van der Waals surface area contributed by atoms with Gasteiger partial charge in [0.05, 0.1) is 47.6 Å². The molecule has 8 nitrogen and oxygen atoms in total. The number of likely N-dealkylation sites (N-methyl/N-ethyl adjacent to an activating group) is 1. The van der Waals surface area contributed by atoms with Crippen LogP contribution in [-0.4, -0.2) is 55.0 Å². The van der Waals surface area contributed by atoms with Gasteiger partial charge in [0.25, 0.3) is 5.91 Å². The van der Waals surface area contributed by atoms with Crippen molar-refractivity contribution in [3.8, 4) is 11.6 Å². The Balaban J connectivity index is 1.82. The van der Waals surface area contributed by atoms with Crippen molar-refractivity contribution in [3.63, 3.8) is 0 Å². The lowest BCUT2D eigenvalue weighted by molar-refractivity contribution is -0.141. The second kappa shape index (κ2) is 9.65. The van der Waals surface area contributed by atoms with Crippen LogP contribution in [0.5, 0.6) is 5.88 Å². The molecule has 0 saturated carbocycles. The molecule has 0 aliphatic heterocycles. The Hall–Kier alpha value is -3.71. The topological polar surface area (TPSA) is 86.0 Å². The van der Waals surface area contributed by atoms with Crippen molar-refractivity contribution in [1.29, 1.82) is 0 Å². The van der Waals surface area contributed by atoms with Crippen molar-refractivity contribution in [3.05, 3.63) is 59.8 Å². The average Bonchev–Trinajstić information content (AvgIpc) is 3.31. The van der Waals surface area contributed by atoms with Crippen LogP contribution in [0, 0.1) is 0 Å². The first kappa shape index (κ1) is 24.9. The van der Waals surface area contributed by atoms with Gasteiger partial charge in [0.1, 0.15) is 6.61 Å². The summed E-state index contributed by atoms with van der Waals surface area (Å²) in [5.41, 5.74) is -2.45. The molecule has 2 heterocycles. The molecule has 1 atom stereocenters. The third kappa shape index (κ3) is 5.61. The maximum absolute atomic E-state index is 13.3. The summed E-state index contributed by atoms with van der Waals surface area (Å²) < 4.78 is 83.0. The van der Waals surface area contributed by atoms with Gasteiger partial charge in [-0.3, -0.25) is 4.79 Å². The van der Waals surface area contributed by atoms with Crippen LogP contribution in [0.15, 0.2) is 43.0 Å². The van der Waals surface area contributed by atoms with Crippen molar-refractivity contribution in [2.24, 2.45) is 0 Å². The van der Waals surface area contributed by atoms with Gasteiger partial charge >= 0.3 is 12.4 Å². The molecule has 0 aliphatic rings. The Morgan fingerprint density at radius 2 is 1.74 bits per heavy atom. The van der Waals surface area contributed by atoms with Crippen molar-refractivity contribution in [2.75, 3.05) is 13.2 Å². The molecule has 34 heavy (non-hydrogen) atoms. The zero-order chi connectivity index (χ0) is 25.1. The van der Waals surface area contributed by atoms with E-state index in [1.54, 1.807) is 13.8 Å². The van der Waals surface area contributed by atoms with Gasteiger partial charge in [-0.15, -0.1) is 0 Å². The van der Waals surface area contributed by atoms with Gasteiger partial charge in [0.2, 0.25) is 5.88 Å². The van der Waals surface area contributed by atoms with Gasteiger partial charge in [-0.2, -0.15) is 41.3 Å². The maximum Gasteiger partial charge on any atom is 0.434 e. The summed E-state index contributed by atoms with van der Waals surface area (Å²) in [5.74, 6) is -0.945. The minimum Gasteiger partial charge on any atom is -0.474 e. The molecule has 3 rings (SSSR count).